The Hall–Kier alpha value is -1.62. The van der Waals surface area contributed by atoms with Gasteiger partial charge >= 0.3 is 5.97 Å². The van der Waals surface area contributed by atoms with E-state index in [1.54, 1.807) is 26.0 Å². The maximum absolute atomic E-state index is 11.4. The van der Waals surface area contributed by atoms with Crippen LogP contribution in [-0.4, -0.2) is 35.3 Å². The molecule has 100 valence electrons. The van der Waals surface area contributed by atoms with Gasteiger partial charge in [0.1, 0.15) is 5.82 Å². The number of carbonyl (C=O) groups is 1. The molecule has 0 saturated carbocycles. The van der Waals surface area contributed by atoms with Gasteiger partial charge in [-0.05, 0) is 39.3 Å². The topological polar surface area (TPSA) is 71.5 Å². The van der Waals surface area contributed by atoms with Gasteiger partial charge in [0.2, 0.25) is 0 Å². The quantitative estimate of drug-likeness (QED) is 0.781. The first-order valence-electron chi connectivity index (χ1n) is 5.94. The molecule has 0 aliphatic carbocycles. The zero-order valence-corrected chi connectivity index (χ0v) is 11.2. The van der Waals surface area contributed by atoms with Crippen LogP contribution < -0.4 is 5.32 Å². The van der Waals surface area contributed by atoms with Gasteiger partial charge in [0.05, 0.1) is 24.5 Å². The molecule has 0 spiro atoms. The van der Waals surface area contributed by atoms with Crippen LogP contribution in [0.3, 0.4) is 0 Å². The third-order valence-corrected chi connectivity index (χ3v) is 2.58. The first-order chi connectivity index (χ1) is 8.43. The fourth-order valence-electron chi connectivity index (χ4n) is 1.79. The molecular formula is C13H20N2O3. The number of pyridine rings is 1. The molecule has 2 atom stereocenters. The summed E-state index contributed by atoms with van der Waals surface area (Å²) >= 11 is 0. The molecule has 2 N–H and O–H groups in total. The van der Waals surface area contributed by atoms with E-state index in [4.69, 9.17) is 0 Å². The highest BCUT2D eigenvalue weighted by atomic mass is 16.5. The van der Waals surface area contributed by atoms with E-state index in [1.807, 2.05) is 6.92 Å². The van der Waals surface area contributed by atoms with Crippen LogP contribution in [-0.2, 0) is 4.74 Å². The van der Waals surface area contributed by atoms with Gasteiger partial charge in [-0.2, -0.15) is 0 Å². The number of aryl methyl sites for hydroxylation is 1. The van der Waals surface area contributed by atoms with Gasteiger partial charge in [-0.3, -0.25) is 0 Å². The molecule has 18 heavy (non-hydrogen) atoms. The molecular weight excluding hydrogens is 232 g/mol. The van der Waals surface area contributed by atoms with Crippen LogP contribution in [0.5, 0.6) is 0 Å². The second-order valence-corrected chi connectivity index (χ2v) is 4.45. The van der Waals surface area contributed by atoms with Crippen LogP contribution in [0.25, 0.3) is 0 Å². The monoisotopic (exact) mass is 252 g/mol. The van der Waals surface area contributed by atoms with Crippen molar-refractivity contribution in [1.82, 2.24) is 4.98 Å². The van der Waals surface area contributed by atoms with Crippen LogP contribution in [0.1, 0.15) is 36.3 Å². The molecule has 0 aliphatic rings. The minimum atomic E-state index is -0.386. The van der Waals surface area contributed by atoms with Gasteiger partial charge in [-0.15, -0.1) is 0 Å². The molecule has 0 saturated heterocycles. The number of carbonyl (C=O) groups excluding carboxylic acids is 1. The van der Waals surface area contributed by atoms with Crippen molar-refractivity contribution >= 4 is 11.8 Å². The Kier molecular flexibility index (Phi) is 5.09. The van der Waals surface area contributed by atoms with E-state index < -0.39 is 0 Å². The molecule has 0 aromatic carbocycles. The number of nitrogens with one attached hydrogen (secondary N) is 1. The number of aliphatic hydroxyl groups excluding tert-OH is 1. The van der Waals surface area contributed by atoms with E-state index in [-0.39, 0.29) is 18.1 Å². The normalized spacial score (nSPS) is 13.8. The molecule has 0 fully saturated rings. The maximum Gasteiger partial charge on any atom is 0.339 e. The molecule has 5 heteroatoms. The summed E-state index contributed by atoms with van der Waals surface area (Å²) in [5, 5.41) is 12.5. The lowest BCUT2D eigenvalue weighted by Crippen LogP contribution is -2.21. The van der Waals surface area contributed by atoms with E-state index in [0.717, 1.165) is 0 Å². The molecule has 1 aromatic rings. The lowest BCUT2D eigenvalue weighted by atomic mass is 10.1. The van der Waals surface area contributed by atoms with E-state index in [0.29, 0.717) is 23.5 Å². The van der Waals surface area contributed by atoms with E-state index in [9.17, 15) is 9.90 Å². The Bertz CT molecular complexity index is 419. The molecule has 0 amide bonds. The maximum atomic E-state index is 11.4. The summed E-state index contributed by atoms with van der Waals surface area (Å²) in [5.74, 6) is 0.303. The van der Waals surface area contributed by atoms with Crippen molar-refractivity contribution in [3.05, 3.63) is 23.4 Å². The van der Waals surface area contributed by atoms with Crippen molar-refractivity contribution in [1.29, 1.82) is 0 Å². The van der Waals surface area contributed by atoms with E-state index >= 15 is 0 Å². The van der Waals surface area contributed by atoms with Crippen molar-refractivity contribution in [3.8, 4) is 0 Å². The van der Waals surface area contributed by atoms with Crippen molar-refractivity contribution in [3.63, 3.8) is 0 Å². The number of aromatic nitrogens is 1. The minimum Gasteiger partial charge on any atom is -0.465 e. The largest absolute Gasteiger partial charge is 0.465 e. The van der Waals surface area contributed by atoms with Crippen LogP contribution in [0.2, 0.25) is 0 Å². The number of aliphatic hydroxyl groups is 1. The average Bonchev–Trinajstić information content (AvgIpc) is 2.27. The first-order valence-corrected chi connectivity index (χ1v) is 5.94. The molecule has 1 rings (SSSR count). The third kappa shape index (κ3) is 4.00. The smallest absolute Gasteiger partial charge is 0.339 e. The zero-order chi connectivity index (χ0) is 13.7. The van der Waals surface area contributed by atoms with Gasteiger partial charge in [0, 0.05) is 6.04 Å². The Balaban J connectivity index is 2.75. The van der Waals surface area contributed by atoms with Crippen LogP contribution >= 0.6 is 0 Å². The Morgan fingerprint density at radius 2 is 2.17 bits per heavy atom. The standard InChI is InChI=1S/C13H20N2O3/c1-8(7-9(2)16)14-12-6-5-11(10(3)15-12)13(17)18-4/h5-6,8-9,16H,7H2,1-4H3,(H,14,15). The molecule has 5 nitrogen and oxygen atoms in total. The summed E-state index contributed by atoms with van der Waals surface area (Å²) in [4.78, 5) is 15.7. The number of anilines is 1. The van der Waals surface area contributed by atoms with Crippen molar-refractivity contribution in [2.45, 2.75) is 39.3 Å². The van der Waals surface area contributed by atoms with Crippen LogP contribution in [0, 0.1) is 6.92 Å². The molecule has 1 heterocycles. The highest BCUT2D eigenvalue weighted by molar-refractivity contribution is 5.90. The highest BCUT2D eigenvalue weighted by Gasteiger charge is 2.12. The average molecular weight is 252 g/mol. The molecule has 2 unspecified atom stereocenters. The number of esters is 1. The van der Waals surface area contributed by atoms with Gasteiger partial charge in [0.25, 0.3) is 0 Å². The predicted octanol–water partition coefficient (Wildman–Crippen LogP) is 1.75. The second-order valence-electron chi connectivity index (χ2n) is 4.45. The van der Waals surface area contributed by atoms with Gasteiger partial charge in [0.15, 0.2) is 0 Å². The lowest BCUT2D eigenvalue weighted by Gasteiger charge is -2.16. The summed E-state index contributed by atoms with van der Waals surface area (Å²) in [6.45, 7) is 5.48. The Labute approximate surface area is 107 Å². The highest BCUT2D eigenvalue weighted by Crippen LogP contribution is 2.13. The first kappa shape index (κ1) is 14.4. The fraction of sp³-hybridized carbons (Fsp3) is 0.538. The molecule has 0 radical (unpaired) electrons. The number of hydrogen-bond donors (Lipinski definition) is 2. The summed E-state index contributed by atoms with van der Waals surface area (Å²) in [6.07, 6.45) is 0.280. The summed E-state index contributed by atoms with van der Waals surface area (Å²) < 4.78 is 4.66. The molecule has 1 aromatic heterocycles. The minimum absolute atomic E-state index is 0.112. The van der Waals surface area contributed by atoms with Crippen molar-refractivity contribution in [2.75, 3.05) is 12.4 Å². The number of hydrogen-bond acceptors (Lipinski definition) is 5. The number of rotatable bonds is 5. The van der Waals surface area contributed by atoms with Gasteiger partial charge in [-0.25, -0.2) is 9.78 Å². The Morgan fingerprint density at radius 3 is 2.67 bits per heavy atom. The third-order valence-electron chi connectivity index (χ3n) is 2.58. The fourth-order valence-corrected chi connectivity index (χ4v) is 1.79. The van der Waals surface area contributed by atoms with Crippen molar-refractivity contribution in [2.24, 2.45) is 0 Å². The number of methoxy groups -OCH3 is 1. The van der Waals surface area contributed by atoms with Crippen LogP contribution in [0.4, 0.5) is 5.82 Å². The summed E-state index contributed by atoms with van der Waals surface area (Å²) in [7, 11) is 1.35. The van der Waals surface area contributed by atoms with E-state index in [1.165, 1.54) is 7.11 Å². The lowest BCUT2D eigenvalue weighted by molar-refractivity contribution is 0.0599. The second kappa shape index (κ2) is 6.35. The summed E-state index contributed by atoms with van der Waals surface area (Å²) in [5.41, 5.74) is 1.09. The molecule has 0 aliphatic heterocycles. The SMILES string of the molecule is COC(=O)c1ccc(NC(C)CC(C)O)nc1C. The Morgan fingerprint density at radius 1 is 1.50 bits per heavy atom. The molecule has 0 bridgehead atoms. The van der Waals surface area contributed by atoms with Gasteiger partial charge in [-0.1, -0.05) is 0 Å². The summed E-state index contributed by atoms with van der Waals surface area (Å²) in [6, 6.07) is 3.53. The number of nitrogens with zero attached hydrogens (tertiary/aromatic N) is 1. The zero-order valence-electron chi connectivity index (χ0n) is 11.2. The number of ether oxygens (including phenoxy) is 1. The van der Waals surface area contributed by atoms with Crippen LogP contribution in [0.15, 0.2) is 12.1 Å². The van der Waals surface area contributed by atoms with Crippen molar-refractivity contribution < 1.29 is 14.6 Å². The van der Waals surface area contributed by atoms with E-state index in [2.05, 4.69) is 15.0 Å². The van der Waals surface area contributed by atoms with Gasteiger partial charge < -0.3 is 15.2 Å². The predicted molar refractivity (Wildman–Crippen MR) is 69.7 cm³/mol.